The number of anilines is 1. The Hall–Kier alpha value is -2.00. The molecule has 1 aromatic heterocycles. The van der Waals surface area contributed by atoms with Gasteiger partial charge in [-0.2, -0.15) is 5.26 Å². The summed E-state index contributed by atoms with van der Waals surface area (Å²) in [6, 6.07) is 3.91. The summed E-state index contributed by atoms with van der Waals surface area (Å²) in [5.74, 6) is 0.709. The highest BCUT2D eigenvalue weighted by Crippen LogP contribution is 2.27. The van der Waals surface area contributed by atoms with Gasteiger partial charge < -0.3 is 14.7 Å². The number of carbonyl (C=O) groups excluding carboxylic acids is 1. The molecular formula is C15H20ClN5O. The SMILES string of the molecule is CN(C)C(=O)N(C)C1CCN(c2ncc(C#N)cc2Cl)CC1. The minimum Gasteiger partial charge on any atom is -0.355 e. The van der Waals surface area contributed by atoms with Crippen molar-refractivity contribution in [2.45, 2.75) is 18.9 Å². The molecule has 0 aromatic carbocycles. The van der Waals surface area contributed by atoms with Gasteiger partial charge in [0.1, 0.15) is 11.9 Å². The van der Waals surface area contributed by atoms with Crippen LogP contribution in [0, 0.1) is 11.3 Å². The number of nitriles is 1. The van der Waals surface area contributed by atoms with Crippen molar-refractivity contribution >= 4 is 23.4 Å². The Morgan fingerprint density at radius 2 is 2.05 bits per heavy atom. The van der Waals surface area contributed by atoms with Gasteiger partial charge in [-0.15, -0.1) is 0 Å². The fraction of sp³-hybridized carbons (Fsp3) is 0.533. The number of halogens is 1. The topological polar surface area (TPSA) is 63.5 Å². The summed E-state index contributed by atoms with van der Waals surface area (Å²) in [5, 5.41) is 9.35. The zero-order valence-corrected chi connectivity index (χ0v) is 13.8. The van der Waals surface area contributed by atoms with Gasteiger partial charge in [0.2, 0.25) is 0 Å². The Labute approximate surface area is 135 Å². The number of piperidine rings is 1. The van der Waals surface area contributed by atoms with Crippen LogP contribution in [0.2, 0.25) is 5.02 Å². The molecule has 1 aliphatic rings. The first kappa shape index (κ1) is 16.4. The minimum atomic E-state index is 0.0213. The molecule has 2 rings (SSSR count). The van der Waals surface area contributed by atoms with E-state index in [2.05, 4.69) is 9.88 Å². The van der Waals surface area contributed by atoms with Crippen LogP contribution in [0.1, 0.15) is 18.4 Å². The molecule has 0 N–H and O–H groups in total. The maximum atomic E-state index is 12.0. The second kappa shape index (κ2) is 6.84. The molecular weight excluding hydrogens is 302 g/mol. The highest BCUT2D eigenvalue weighted by molar-refractivity contribution is 6.33. The Kier molecular flexibility index (Phi) is 5.09. The summed E-state index contributed by atoms with van der Waals surface area (Å²) in [6.45, 7) is 1.57. The van der Waals surface area contributed by atoms with Crippen LogP contribution in [0.15, 0.2) is 12.3 Å². The highest BCUT2D eigenvalue weighted by Gasteiger charge is 2.27. The number of amides is 2. The molecule has 6 nitrogen and oxygen atoms in total. The number of pyridine rings is 1. The van der Waals surface area contributed by atoms with Gasteiger partial charge in [-0.3, -0.25) is 0 Å². The van der Waals surface area contributed by atoms with Gasteiger partial charge in [-0.1, -0.05) is 11.6 Å². The van der Waals surface area contributed by atoms with E-state index in [1.807, 2.05) is 13.1 Å². The Morgan fingerprint density at radius 3 is 2.55 bits per heavy atom. The largest absolute Gasteiger partial charge is 0.355 e. The molecule has 1 fully saturated rings. The van der Waals surface area contributed by atoms with Crippen LogP contribution in [-0.2, 0) is 0 Å². The summed E-state index contributed by atoms with van der Waals surface area (Å²) in [7, 11) is 5.36. The average Bonchev–Trinajstić information content (AvgIpc) is 2.53. The van der Waals surface area contributed by atoms with Gasteiger partial charge >= 0.3 is 6.03 Å². The van der Waals surface area contributed by atoms with Crippen molar-refractivity contribution in [1.29, 1.82) is 5.26 Å². The zero-order chi connectivity index (χ0) is 16.3. The van der Waals surface area contributed by atoms with Crippen molar-refractivity contribution in [3.8, 4) is 6.07 Å². The van der Waals surface area contributed by atoms with E-state index in [-0.39, 0.29) is 12.1 Å². The maximum absolute atomic E-state index is 12.0. The fourth-order valence-corrected chi connectivity index (χ4v) is 2.95. The number of hydrogen-bond acceptors (Lipinski definition) is 4. The first-order valence-electron chi connectivity index (χ1n) is 7.18. The van der Waals surface area contributed by atoms with Crippen molar-refractivity contribution in [2.75, 3.05) is 39.1 Å². The molecule has 1 saturated heterocycles. The number of carbonyl (C=O) groups is 1. The maximum Gasteiger partial charge on any atom is 0.319 e. The third kappa shape index (κ3) is 3.42. The van der Waals surface area contributed by atoms with Gasteiger partial charge in [0, 0.05) is 46.5 Å². The van der Waals surface area contributed by atoms with E-state index in [0.29, 0.717) is 16.4 Å². The molecule has 2 heterocycles. The quantitative estimate of drug-likeness (QED) is 0.837. The molecule has 1 aliphatic heterocycles. The number of aromatic nitrogens is 1. The number of urea groups is 1. The number of nitrogens with zero attached hydrogens (tertiary/aromatic N) is 5. The summed E-state index contributed by atoms with van der Waals surface area (Å²) < 4.78 is 0. The first-order valence-corrected chi connectivity index (χ1v) is 7.56. The van der Waals surface area contributed by atoms with Crippen LogP contribution < -0.4 is 4.90 Å². The van der Waals surface area contributed by atoms with Gasteiger partial charge in [0.15, 0.2) is 0 Å². The van der Waals surface area contributed by atoms with Crippen LogP contribution in [-0.4, -0.2) is 61.1 Å². The van der Waals surface area contributed by atoms with Crippen molar-refractivity contribution in [3.05, 3.63) is 22.8 Å². The van der Waals surface area contributed by atoms with E-state index in [9.17, 15) is 4.79 Å². The lowest BCUT2D eigenvalue weighted by Gasteiger charge is -2.38. The van der Waals surface area contributed by atoms with Crippen molar-refractivity contribution in [2.24, 2.45) is 0 Å². The van der Waals surface area contributed by atoms with Crippen molar-refractivity contribution in [1.82, 2.24) is 14.8 Å². The average molecular weight is 322 g/mol. The molecule has 7 heteroatoms. The minimum absolute atomic E-state index is 0.0213. The molecule has 0 radical (unpaired) electrons. The monoisotopic (exact) mass is 321 g/mol. The van der Waals surface area contributed by atoms with Gasteiger partial charge in [0.25, 0.3) is 0 Å². The molecule has 118 valence electrons. The van der Waals surface area contributed by atoms with Crippen molar-refractivity contribution < 1.29 is 4.79 Å². The molecule has 0 atom stereocenters. The molecule has 0 saturated carbocycles. The van der Waals surface area contributed by atoms with E-state index in [1.165, 1.54) is 6.20 Å². The Morgan fingerprint density at radius 1 is 1.41 bits per heavy atom. The summed E-state index contributed by atoms with van der Waals surface area (Å²) >= 11 is 6.21. The first-order chi connectivity index (χ1) is 10.4. The lowest BCUT2D eigenvalue weighted by molar-refractivity contribution is 0.155. The second-order valence-corrected chi connectivity index (χ2v) is 6.05. The number of hydrogen-bond donors (Lipinski definition) is 0. The molecule has 0 spiro atoms. The third-order valence-corrected chi connectivity index (χ3v) is 4.23. The van der Waals surface area contributed by atoms with E-state index < -0.39 is 0 Å². The van der Waals surface area contributed by atoms with E-state index >= 15 is 0 Å². The third-order valence-electron chi connectivity index (χ3n) is 3.95. The predicted molar refractivity (Wildman–Crippen MR) is 86.0 cm³/mol. The Bertz CT molecular complexity index is 590. The summed E-state index contributed by atoms with van der Waals surface area (Å²) in [5.41, 5.74) is 0.458. The van der Waals surface area contributed by atoms with Gasteiger partial charge in [-0.05, 0) is 18.9 Å². The highest BCUT2D eigenvalue weighted by atomic mass is 35.5. The van der Waals surface area contributed by atoms with Gasteiger partial charge in [0.05, 0.1) is 10.6 Å². The van der Waals surface area contributed by atoms with Crippen LogP contribution >= 0.6 is 11.6 Å². The van der Waals surface area contributed by atoms with E-state index in [4.69, 9.17) is 16.9 Å². The normalized spacial score (nSPS) is 15.3. The molecule has 2 amide bonds. The fourth-order valence-electron chi connectivity index (χ4n) is 2.66. The van der Waals surface area contributed by atoms with Crippen LogP contribution in [0.25, 0.3) is 0 Å². The predicted octanol–water partition coefficient (Wildman–Crippen LogP) is 2.19. The van der Waals surface area contributed by atoms with Crippen LogP contribution in [0.4, 0.5) is 10.6 Å². The second-order valence-electron chi connectivity index (χ2n) is 5.65. The molecule has 1 aromatic rings. The van der Waals surface area contributed by atoms with Crippen LogP contribution in [0.3, 0.4) is 0 Å². The van der Waals surface area contributed by atoms with Crippen molar-refractivity contribution in [3.63, 3.8) is 0 Å². The Balaban J connectivity index is 2.01. The lowest BCUT2D eigenvalue weighted by atomic mass is 10.0. The van der Waals surface area contributed by atoms with E-state index in [0.717, 1.165) is 25.9 Å². The number of rotatable bonds is 2. The summed E-state index contributed by atoms with van der Waals surface area (Å²) in [4.78, 5) is 21.8. The smallest absolute Gasteiger partial charge is 0.319 e. The molecule has 22 heavy (non-hydrogen) atoms. The zero-order valence-electron chi connectivity index (χ0n) is 13.1. The standard InChI is InChI=1S/C15H20ClN5O/c1-19(2)15(22)20(3)12-4-6-21(7-5-12)14-13(16)8-11(9-17)10-18-14/h8,10,12H,4-7H2,1-3H3. The molecule has 0 bridgehead atoms. The molecule has 0 unspecified atom stereocenters. The molecule has 0 aliphatic carbocycles. The van der Waals surface area contributed by atoms with Crippen LogP contribution in [0.5, 0.6) is 0 Å². The van der Waals surface area contributed by atoms with E-state index in [1.54, 1.807) is 30.0 Å². The van der Waals surface area contributed by atoms with Gasteiger partial charge in [-0.25, -0.2) is 9.78 Å². The summed E-state index contributed by atoms with van der Waals surface area (Å²) in [6.07, 6.45) is 3.27. The lowest BCUT2D eigenvalue weighted by Crippen LogP contribution is -2.48.